The number of hydrazine groups is 2. The Bertz CT molecular complexity index is 1860. The van der Waals surface area contributed by atoms with Crippen LogP contribution in [0.3, 0.4) is 0 Å². The second-order valence-electron chi connectivity index (χ2n) is 12.6. The van der Waals surface area contributed by atoms with E-state index < -0.39 is 11.5 Å². The first-order valence-electron chi connectivity index (χ1n) is 15.7. The summed E-state index contributed by atoms with van der Waals surface area (Å²) in [5.74, 6) is 6.74. The Morgan fingerprint density at radius 3 is 2.54 bits per heavy atom. The average molecular weight is 619 g/mol. The molecule has 1 amide bonds. The standard InChI is InChI=1S/C35H38N8O3/c1-40-20-18-35(22-40,34(46)38-26-14-10-23(11-15-26)12-17-30(44)45)43(36)42-33(39-42)25-13-16-27-29(21-25)41(2)32(28-9-5-6-19-37-28)31(27)24-7-3-4-8-24/h5-6,9-17,19,21,24H,3-4,7-8,18,20,22,36H2,1-2H3,(H,38,46)(H,44,45)/b17-12+/t35-,42?/m0/s1. The molecule has 0 unspecified atom stereocenters. The van der Waals surface area contributed by atoms with Crippen molar-refractivity contribution in [3.8, 4) is 11.4 Å². The van der Waals surface area contributed by atoms with Crippen LogP contribution in [0.25, 0.3) is 28.4 Å². The number of fused-ring (bicyclic) bond motifs is 1. The lowest BCUT2D eigenvalue weighted by Gasteiger charge is -2.36. The van der Waals surface area contributed by atoms with Gasteiger partial charge in [-0.15, -0.1) is 10.2 Å². The van der Waals surface area contributed by atoms with Crippen LogP contribution in [0.5, 0.6) is 0 Å². The number of anilines is 1. The maximum absolute atomic E-state index is 13.9. The SMILES string of the molecule is CN1CC[C@](C(=O)Nc2ccc(/C=C/C(=O)O)cc2)(N(N)N2N=C2c2ccc3c(C4CCCC4)c(-c4ccccn4)n(C)c3c2)C1. The number of likely N-dealkylation sites (tertiary alicyclic amines) is 1. The normalized spacial score (nSPS) is 20.3. The zero-order chi connectivity index (χ0) is 32.0. The predicted octanol–water partition coefficient (Wildman–Crippen LogP) is 4.78. The molecule has 0 radical (unpaired) electrons. The van der Waals surface area contributed by atoms with E-state index in [0.717, 1.165) is 28.4 Å². The summed E-state index contributed by atoms with van der Waals surface area (Å²) in [6.45, 7) is 1.14. The van der Waals surface area contributed by atoms with Crippen LogP contribution in [0.1, 0.15) is 54.7 Å². The van der Waals surface area contributed by atoms with Crippen molar-refractivity contribution >= 4 is 40.4 Å². The van der Waals surface area contributed by atoms with Crippen molar-refractivity contribution in [2.75, 3.05) is 25.5 Å². The van der Waals surface area contributed by atoms with Crippen LogP contribution in [0.4, 0.5) is 5.69 Å². The van der Waals surface area contributed by atoms with Crippen LogP contribution in [0.2, 0.25) is 0 Å². The number of pyridine rings is 1. The van der Waals surface area contributed by atoms with Crippen molar-refractivity contribution in [1.29, 1.82) is 0 Å². The van der Waals surface area contributed by atoms with E-state index in [1.54, 1.807) is 29.4 Å². The highest BCUT2D eigenvalue weighted by molar-refractivity contribution is 6.08. The zero-order valence-electron chi connectivity index (χ0n) is 26.1. The Morgan fingerprint density at radius 2 is 1.87 bits per heavy atom. The van der Waals surface area contributed by atoms with Crippen molar-refractivity contribution in [2.24, 2.45) is 18.0 Å². The Hall–Kier alpha value is -4.84. The number of carbonyl (C=O) groups is 2. The number of aryl methyl sites for hydroxylation is 1. The summed E-state index contributed by atoms with van der Waals surface area (Å²) >= 11 is 0. The monoisotopic (exact) mass is 618 g/mol. The van der Waals surface area contributed by atoms with E-state index in [1.165, 1.54) is 53.5 Å². The van der Waals surface area contributed by atoms with Crippen molar-refractivity contribution in [2.45, 2.75) is 43.6 Å². The first-order chi connectivity index (χ1) is 22.2. The lowest BCUT2D eigenvalue weighted by Crippen LogP contribution is -2.64. The number of hydrazone groups is 1. The number of carboxylic acids is 1. The molecule has 11 heteroatoms. The fourth-order valence-corrected chi connectivity index (χ4v) is 7.17. The number of hydrogen-bond donors (Lipinski definition) is 3. The summed E-state index contributed by atoms with van der Waals surface area (Å²) in [6.07, 6.45) is 9.84. The largest absolute Gasteiger partial charge is 0.478 e. The molecule has 2 aromatic heterocycles. The van der Waals surface area contributed by atoms with Gasteiger partial charge in [-0.1, -0.05) is 43.2 Å². The molecular formula is C35H38N8O3. The number of amides is 1. The lowest BCUT2D eigenvalue weighted by atomic mass is 9.93. The molecule has 0 bridgehead atoms. The van der Waals surface area contributed by atoms with Gasteiger partial charge in [-0.2, -0.15) is 5.12 Å². The van der Waals surface area contributed by atoms with Gasteiger partial charge in [0.05, 0.1) is 11.4 Å². The average Bonchev–Trinajstić information content (AvgIpc) is 3.33. The minimum Gasteiger partial charge on any atom is -0.478 e. The fourth-order valence-electron chi connectivity index (χ4n) is 7.17. The molecule has 2 aromatic carbocycles. The summed E-state index contributed by atoms with van der Waals surface area (Å²) < 4.78 is 2.26. The van der Waals surface area contributed by atoms with Crippen LogP contribution >= 0.6 is 0 Å². The Labute approximate surface area is 267 Å². The van der Waals surface area contributed by atoms with Gasteiger partial charge in [0, 0.05) is 54.6 Å². The van der Waals surface area contributed by atoms with E-state index in [1.807, 2.05) is 25.4 Å². The molecule has 4 heterocycles. The Morgan fingerprint density at radius 1 is 1.09 bits per heavy atom. The maximum atomic E-state index is 13.9. The lowest BCUT2D eigenvalue weighted by molar-refractivity contribution is -0.135. The predicted molar refractivity (Wildman–Crippen MR) is 178 cm³/mol. The fraction of sp³-hybridized carbons (Fsp3) is 0.314. The number of nitrogens with two attached hydrogens (primary N) is 1. The molecular weight excluding hydrogens is 580 g/mol. The van der Waals surface area contributed by atoms with Gasteiger partial charge in [0.1, 0.15) is 0 Å². The molecule has 4 N–H and O–H groups in total. The molecule has 7 rings (SSSR count). The number of carbonyl (C=O) groups excluding carboxylic acids is 1. The van der Waals surface area contributed by atoms with Gasteiger partial charge < -0.3 is 19.9 Å². The maximum Gasteiger partial charge on any atom is 0.328 e. The number of hydrogen-bond acceptors (Lipinski definition) is 8. The summed E-state index contributed by atoms with van der Waals surface area (Å²) in [7, 11) is 4.08. The summed E-state index contributed by atoms with van der Waals surface area (Å²) in [5, 5.41) is 20.9. The number of carboxylic acid groups (broad SMARTS) is 1. The van der Waals surface area contributed by atoms with Crippen molar-refractivity contribution in [1.82, 2.24) is 24.7 Å². The molecule has 1 saturated heterocycles. The summed E-state index contributed by atoms with van der Waals surface area (Å²) in [5.41, 5.74) is 5.86. The molecule has 4 aromatic rings. The van der Waals surface area contributed by atoms with Gasteiger partial charge in [-0.3, -0.25) is 9.78 Å². The highest BCUT2D eigenvalue weighted by atomic mass is 16.4. The minimum atomic E-state index is -1.04. The number of benzene rings is 2. The third-order valence-electron chi connectivity index (χ3n) is 9.60. The van der Waals surface area contributed by atoms with Gasteiger partial charge >= 0.3 is 5.97 Å². The van der Waals surface area contributed by atoms with E-state index in [0.29, 0.717) is 37.0 Å². The van der Waals surface area contributed by atoms with Crippen molar-refractivity contribution in [3.63, 3.8) is 0 Å². The van der Waals surface area contributed by atoms with Gasteiger partial charge in [-0.25, -0.2) is 10.6 Å². The van der Waals surface area contributed by atoms with E-state index in [-0.39, 0.29) is 5.91 Å². The van der Waals surface area contributed by atoms with Gasteiger partial charge in [-0.05, 0) is 79.8 Å². The number of nitrogens with zero attached hydrogens (tertiary/aromatic N) is 6. The molecule has 236 valence electrons. The number of amidine groups is 1. The molecule has 2 fully saturated rings. The highest BCUT2D eigenvalue weighted by Gasteiger charge is 2.53. The van der Waals surface area contributed by atoms with Crippen molar-refractivity contribution < 1.29 is 14.7 Å². The third kappa shape index (κ3) is 5.36. The first kappa shape index (κ1) is 29.8. The second-order valence-corrected chi connectivity index (χ2v) is 12.6. The number of likely N-dealkylation sites (N-methyl/N-ethyl adjacent to an activating group) is 1. The topological polar surface area (TPSA) is 132 Å². The zero-order valence-corrected chi connectivity index (χ0v) is 26.1. The molecule has 1 aliphatic carbocycles. The molecule has 11 nitrogen and oxygen atoms in total. The summed E-state index contributed by atoms with van der Waals surface area (Å²) in [4.78, 5) is 31.5. The van der Waals surface area contributed by atoms with E-state index in [4.69, 9.17) is 15.9 Å². The van der Waals surface area contributed by atoms with Crippen LogP contribution in [0.15, 0.2) is 78.0 Å². The van der Waals surface area contributed by atoms with E-state index in [9.17, 15) is 9.59 Å². The Kier molecular flexibility index (Phi) is 7.67. The minimum absolute atomic E-state index is 0.228. The molecule has 3 aliphatic rings. The third-order valence-corrected chi connectivity index (χ3v) is 9.60. The van der Waals surface area contributed by atoms with Gasteiger partial charge in [0.25, 0.3) is 0 Å². The van der Waals surface area contributed by atoms with E-state index >= 15 is 0 Å². The van der Waals surface area contributed by atoms with Crippen molar-refractivity contribution in [3.05, 3.63) is 89.6 Å². The number of nitrogens with one attached hydrogen (secondary N) is 1. The smallest absolute Gasteiger partial charge is 0.328 e. The molecule has 1 saturated carbocycles. The van der Waals surface area contributed by atoms with E-state index in [2.05, 4.69) is 51.2 Å². The molecule has 1 atom stereocenters. The number of rotatable bonds is 9. The molecule has 46 heavy (non-hydrogen) atoms. The van der Waals surface area contributed by atoms with Gasteiger partial charge in [0.15, 0.2) is 11.4 Å². The van der Waals surface area contributed by atoms with Crippen LogP contribution in [0, 0.1) is 0 Å². The van der Waals surface area contributed by atoms with Crippen LogP contribution in [-0.4, -0.2) is 73.2 Å². The Balaban J connectivity index is 1.15. The molecule has 2 aliphatic heterocycles. The van der Waals surface area contributed by atoms with Gasteiger partial charge in [0.2, 0.25) is 5.91 Å². The van der Waals surface area contributed by atoms with Crippen LogP contribution < -0.4 is 11.2 Å². The number of aliphatic carboxylic acids is 1. The summed E-state index contributed by atoms with van der Waals surface area (Å²) in [6, 6.07) is 19.6. The molecule has 0 spiro atoms. The highest BCUT2D eigenvalue weighted by Crippen LogP contribution is 2.44. The quantitative estimate of drug-likeness (QED) is 0.139. The first-order valence-corrected chi connectivity index (χ1v) is 15.7. The second kappa shape index (κ2) is 11.8. The van der Waals surface area contributed by atoms with Crippen LogP contribution in [-0.2, 0) is 16.6 Å². The number of aromatic nitrogens is 2.